The zero-order valence-electron chi connectivity index (χ0n) is 11.0. The maximum atomic E-state index is 12.5. The molecule has 0 spiro atoms. The standard InChI is InChI=1S/C13H17N3O3S/c14-6-5-11-1-3-13(4-2-11)20(17,18)16-7-8-19-12(9-15)10-16/h1-4,12H,5,7-10,15H2. The minimum absolute atomic E-state index is 0.233. The lowest BCUT2D eigenvalue weighted by Gasteiger charge is -2.31. The molecule has 1 heterocycles. The summed E-state index contributed by atoms with van der Waals surface area (Å²) in [5, 5.41) is 8.61. The molecular formula is C13H17N3O3S. The number of hydrogen-bond acceptors (Lipinski definition) is 5. The second kappa shape index (κ2) is 6.33. The molecule has 0 bridgehead atoms. The molecule has 0 amide bonds. The van der Waals surface area contributed by atoms with Gasteiger partial charge < -0.3 is 10.5 Å². The highest BCUT2D eigenvalue weighted by molar-refractivity contribution is 7.89. The Morgan fingerprint density at radius 1 is 1.40 bits per heavy atom. The average molecular weight is 295 g/mol. The summed E-state index contributed by atoms with van der Waals surface area (Å²) in [7, 11) is -3.52. The number of nitrogens with zero attached hydrogens (tertiary/aromatic N) is 2. The van der Waals surface area contributed by atoms with E-state index >= 15 is 0 Å². The smallest absolute Gasteiger partial charge is 0.243 e. The molecular weight excluding hydrogens is 278 g/mol. The zero-order chi connectivity index (χ0) is 14.6. The predicted octanol–water partition coefficient (Wildman–Crippen LogP) is 0.101. The number of sulfonamides is 1. The Kier molecular flexibility index (Phi) is 4.73. The molecule has 20 heavy (non-hydrogen) atoms. The van der Waals surface area contributed by atoms with Gasteiger partial charge in [-0.25, -0.2) is 8.42 Å². The summed E-state index contributed by atoms with van der Waals surface area (Å²) in [4.78, 5) is 0.233. The molecule has 2 rings (SSSR count). The van der Waals surface area contributed by atoms with Crippen LogP contribution in [0.5, 0.6) is 0 Å². The van der Waals surface area contributed by atoms with Gasteiger partial charge in [0.25, 0.3) is 0 Å². The monoisotopic (exact) mass is 295 g/mol. The molecule has 1 aliphatic heterocycles. The van der Waals surface area contributed by atoms with Gasteiger partial charge in [-0.2, -0.15) is 9.57 Å². The van der Waals surface area contributed by atoms with E-state index in [2.05, 4.69) is 0 Å². The van der Waals surface area contributed by atoms with Gasteiger partial charge in [-0.15, -0.1) is 0 Å². The molecule has 0 aromatic heterocycles. The van der Waals surface area contributed by atoms with Crippen molar-refractivity contribution in [1.82, 2.24) is 4.31 Å². The third-order valence-electron chi connectivity index (χ3n) is 3.21. The number of nitriles is 1. The van der Waals surface area contributed by atoms with Crippen LogP contribution in [0.25, 0.3) is 0 Å². The van der Waals surface area contributed by atoms with E-state index in [-0.39, 0.29) is 24.0 Å². The first-order valence-corrected chi connectivity index (χ1v) is 7.79. The molecule has 0 radical (unpaired) electrons. The van der Waals surface area contributed by atoms with E-state index in [9.17, 15) is 8.42 Å². The summed E-state index contributed by atoms with van der Waals surface area (Å²) < 4.78 is 31.7. The first kappa shape index (κ1) is 14.9. The molecule has 1 saturated heterocycles. The van der Waals surface area contributed by atoms with Gasteiger partial charge >= 0.3 is 0 Å². The number of rotatable bonds is 4. The molecule has 1 fully saturated rings. The van der Waals surface area contributed by atoms with Crippen LogP contribution in [0, 0.1) is 11.3 Å². The van der Waals surface area contributed by atoms with Gasteiger partial charge in [-0.05, 0) is 17.7 Å². The van der Waals surface area contributed by atoms with Crippen LogP contribution in [0.4, 0.5) is 0 Å². The fraction of sp³-hybridized carbons (Fsp3) is 0.462. The molecule has 7 heteroatoms. The highest BCUT2D eigenvalue weighted by Crippen LogP contribution is 2.19. The molecule has 6 nitrogen and oxygen atoms in total. The normalized spacial score (nSPS) is 20.5. The lowest BCUT2D eigenvalue weighted by molar-refractivity contribution is 0.00450. The van der Waals surface area contributed by atoms with Crippen molar-refractivity contribution in [3.63, 3.8) is 0 Å². The number of nitrogens with two attached hydrogens (primary N) is 1. The van der Waals surface area contributed by atoms with Crippen molar-refractivity contribution >= 4 is 10.0 Å². The molecule has 1 unspecified atom stereocenters. The molecule has 1 atom stereocenters. The lowest BCUT2D eigenvalue weighted by Crippen LogP contribution is -2.48. The summed E-state index contributed by atoms with van der Waals surface area (Å²) >= 11 is 0. The van der Waals surface area contributed by atoms with Crippen LogP contribution >= 0.6 is 0 Å². The Hall–Kier alpha value is -1.46. The Morgan fingerprint density at radius 3 is 2.70 bits per heavy atom. The molecule has 1 aromatic carbocycles. The summed E-state index contributed by atoms with van der Waals surface area (Å²) in [6, 6.07) is 8.43. The van der Waals surface area contributed by atoms with E-state index in [0.29, 0.717) is 19.7 Å². The highest BCUT2D eigenvalue weighted by atomic mass is 32.2. The number of hydrogen-bond donors (Lipinski definition) is 1. The second-order valence-corrected chi connectivity index (χ2v) is 6.51. The molecule has 1 aromatic rings. The zero-order valence-corrected chi connectivity index (χ0v) is 11.8. The van der Waals surface area contributed by atoms with E-state index in [1.54, 1.807) is 12.1 Å². The van der Waals surface area contributed by atoms with Crippen molar-refractivity contribution in [3.8, 4) is 6.07 Å². The van der Waals surface area contributed by atoms with Gasteiger partial charge in [0.05, 0.1) is 30.1 Å². The third-order valence-corrected chi connectivity index (χ3v) is 5.09. The Balaban J connectivity index is 2.19. The molecule has 1 aliphatic rings. The molecule has 0 aliphatic carbocycles. The Morgan fingerprint density at radius 2 is 2.10 bits per heavy atom. The Labute approximate surface area is 118 Å². The highest BCUT2D eigenvalue weighted by Gasteiger charge is 2.30. The third kappa shape index (κ3) is 3.16. The quantitative estimate of drug-likeness (QED) is 0.850. The van der Waals surface area contributed by atoms with Gasteiger partial charge in [0, 0.05) is 19.6 Å². The maximum Gasteiger partial charge on any atom is 0.243 e. The average Bonchev–Trinajstić information content (AvgIpc) is 2.48. The van der Waals surface area contributed by atoms with Crippen LogP contribution in [0.15, 0.2) is 29.2 Å². The first-order valence-electron chi connectivity index (χ1n) is 6.35. The predicted molar refractivity (Wildman–Crippen MR) is 73.3 cm³/mol. The van der Waals surface area contributed by atoms with Crippen molar-refractivity contribution < 1.29 is 13.2 Å². The lowest BCUT2D eigenvalue weighted by atomic mass is 10.2. The van der Waals surface area contributed by atoms with Crippen molar-refractivity contribution in [1.29, 1.82) is 5.26 Å². The number of morpholine rings is 1. The van der Waals surface area contributed by atoms with Crippen molar-refractivity contribution in [2.45, 2.75) is 17.4 Å². The van der Waals surface area contributed by atoms with Crippen LogP contribution in [0.3, 0.4) is 0 Å². The molecule has 0 saturated carbocycles. The molecule has 2 N–H and O–H groups in total. The molecule has 108 valence electrons. The van der Waals surface area contributed by atoms with Crippen LogP contribution in [0.2, 0.25) is 0 Å². The fourth-order valence-corrected chi connectivity index (χ4v) is 3.53. The van der Waals surface area contributed by atoms with Crippen molar-refractivity contribution in [3.05, 3.63) is 29.8 Å². The van der Waals surface area contributed by atoms with Gasteiger partial charge in [0.15, 0.2) is 0 Å². The Bertz CT molecular complexity index is 592. The van der Waals surface area contributed by atoms with E-state index in [1.807, 2.05) is 6.07 Å². The van der Waals surface area contributed by atoms with Crippen LogP contribution < -0.4 is 5.73 Å². The largest absolute Gasteiger partial charge is 0.374 e. The van der Waals surface area contributed by atoms with Gasteiger partial charge in [0.2, 0.25) is 10.0 Å². The van der Waals surface area contributed by atoms with Crippen LogP contribution in [0.1, 0.15) is 5.56 Å². The fourth-order valence-electron chi connectivity index (χ4n) is 2.07. The van der Waals surface area contributed by atoms with E-state index < -0.39 is 10.0 Å². The van der Waals surface area contributed by atoms with Crippen LogP contribution in [-0.4, -0.2) is 45.1 Å². The number of benzene rings is 1. The summed E-state index contributed by atoms with van der Waals surface area (Å²) in [5.74, 6) is 0. The summed E-state index contributed by atoms with van der Waals surface area (Å²) in [6.45, 7) is 1.26. The summed E-state index contributed by atoms with van der Waals surface area (Å²) in [6.07, 6.45) is 0.0176. The van der Waals surface area contributed by atoms with E-state index in [1.165, 1.54) is 16.4 Å². The van der Waals surface area contributed by atoms with Gasteiger partial charge in [-0.1, -0.05) is 12.1 Å². The minimum atomic E-state index is -3.52. The maximum absolute atomic E-state index is 12.5. The SMILES string of the molecule is N#CCc1ccc(S(=O)(=O)N2CCOC(CN)C2)cc1. The number of ether oxygens (including phenoxy) is 1. The van der Waals surface area contributed by atoms with E-state index in [4.69, 9.17) is 15.7 Å². The van der Waals surface area contributed by atoms with Crippen LogP contribution in [-0.2, 0) is 21.2 Å². The van der Waals surface area contributed by atoms with Gasteiger partial charge in [-0.3, -0.25) is 0 Å². The summed E-state index contributed by atoms with van der Waals surface area (Å²) in [5.41, 5.74) is 6.32. The van der Waals surface area contributed by atoms with E-state index in [0.717, 1.165) is 5.56 Å². The minimum Gasteiger partial charge on any atom is -0.374 e. The second-order valence-electron chi connectivity index (χ2n) is 4.57. The first-order chi connectivity index (χ1) is 9.57. The van der Waals surface area contributed by atoms with Gasteiger partial charge in [0.1, 0.15) is 0 Å². The van der Waals surface area contributed by atoms with Crippen molar-refractivity contribution in [2.24, 2.45) is 5.73 Å². The van der Waals surface area contributed by atoms with Crippen molar-refractivity contribution in [2.75, 3.05) is 26.2 Å². The topological polar surface area (TPSA) is 96.4 Å².